The van der Waals surface area contributed by atoms with Gasteiger partial charge in [0.15, 0.2) is 11.5 Å². The number of carbonyl (C=O) groups is 1. The van der Waals surface area contributed by atoms with Crippen LogP contribution in [0, 0.1) is 0 Å². The molecule has 3 unspecified atom stereocenters. The van der Waals surface area contributed by atoms with Crippen LogP contribution in [0.3, 0.4) is 0 Å². The highest BCUT2D eigenvalue weighted by molar-refractivity contribution is 6.82. The molecule has 3 atom stereocenters. The maximum atomic E-state index is 12.4. The number of hydrogen-bond acceptors (Lipinski definition) is 4. The summed E-state index contributed by atoms with van der Waals surface area (Å²) < 4.78 is 16.8. The van der Waals surface area contributed by atoms with Gasteiger partial charge in [0.2, 0.25) is 0 Å². The fourth-order valence-corrected chi connectivity index (χ4v) is 4.91. The highest BCUT2D eigenvalue weighted by atomic mass is 28.3. The monoisotopic (exact) mass is 272 g/mol. The topological polar surface area (TPSA) is 44.8 Å². The maximum Gasteiger partial charge on any atom is 0.337 e. The van der Waals surface area contributed by atoms with Crippen LogP contribution in [0.5, 0.6) is 0 Å². The van der Waals surface area contributed by atoms with Gasteiger partial charge in [-0.1, -0.05) is 25.7 Å². The van der Waals surface area contributed by atoms with Crippen molar-refractivity contribution in [2.24, 2.45) is 0 Å². The van der Waals surface area contributed by atoms with Crippen molar-refractivity contribution in [3.05, 3.63) is 12.7 Å². The van der Waals surface area contributed by atoms with E-state index >= 15 is 0 Å². The Morgan fingerprint density at radius 3 is 2.44 bits per heavy atom. The third-order valence-electron chi connectivity index (χ3n) is 3.29. The minimum Gasteiger partial charge on any atom is -0.463 e. The average molecular weight is 272 g/mol. The van der Waals surface area contributed by atoms with E-state index in [0.29, 0.717) is 13.0 Å². The third kappa shape index (κ3) is 2.68. The number of esters is 1. The fourth-order valence-electron chi connectivity index (χ4n) is 2.42. The van der Waals surface area contributed by atoms with Crippen molar-refractivity contribution in [2.45, 2.75) is 57.5 Å². The number of rotatable bonds is 5. The van der Waals surface area contributed by atoms with E-state index in [2.05, 4.69) is 26.2 Å². The Bertz CT molecular complexity index is 323. The van der Waals surface area contributed by atoms with Crippen LogP contribution in [-0.2, 0) is 19.0 Å². The van der Waals surface area contributed by atoms with Crippen molar-refractivity contribution in [3.8, 4) is 0 Å². The second-order valence-electron chi connectivity index (χ2n) is 5.66. The molecular formula is C13H24O4Si. The van der Waals surface area contributed by atoms with Gasteiger partial charge in [0, 0.05) is 0 Å². The molecule has 1 saturated heterocycles. The van der Waals surface area contributed by atoms with Crippen molar-refractivity contribution in [1.82, 2.24) is 0 Å². The van der Waals surface area contributed by atoms with Gasteiger partial charge in [0.25, 0.3) is 0 Å². The van der Waals surface area contributed by atoms with Crippen LogP contribution >= 0.6 is 0 Å². The lowest BCUT2D eigenvalue weighted by atomic mass is 10.2. The molecule has 18 heavy (non-hydrogen) atoms. The lowest BCUT2D eigenvalue weighted by Gasteiger charge is -2.38. The molecule has 1 aliphatic heterocycles. The van der Waals surface area contributed by atoms with E-state index in [9.17, 15) is 4.79 Å². The molecular weight excluding hydrogens is 248 g/mol. The van der Waals surface area contributed by atoms with Gasteiger partial charge in [-0.2, -0.15) is 0 Å². The van der Waals surface area contributed by atoms with Crippen molar-refractivity contribution in [2.75, 3.05) is 6.61 Å². The fraction of sp³-hybridized carbons (Fsp3) is 0.769. The van der Waals surface area contributed by atoms with Gasteiger partial charge in [-0.25, -0.2) is 4.79 Å². The normalized spacial score (nSPS) is 32.3. The van der Waals surface area contributed by atoms with Gasteiger partial charge < -0.3 is 14.2 Å². The Morgan fingerprint density at radius 1 is 1.44 bits per heavy atom. The Kier molecular flexibility index (Phi) is 4.75. The van der Waals surface area contributed by atoms with E-state index in [4.69, 9.17) is 14.2 Å². The zero-order valence-electron chi connectivity index (χ0n) is 12.0. The summed E-state index contributed by atoms with van der Waals surface area (Å²) in [5.41, 5.74) is 0. The van der Waals surface area contributed by atoms with Gasteiger partial charge in [-0.3, -0.25) is 0 Å². The first kappa shape index (κ1) is 15.4. The molecule has 104 valence electrons. The van der Waals surface area contributed by atoms with Crippen LogP contribution in [0.1, 0.15) is 20.3 Å². The van der Waals surface area contributed by atoms with Crippen molar-refractivity contribution in [3.63, 3.8) is 0 Å². The molecule has 0 aromatic carbocycles. The average Bonchev–Trinajstić information content (AvgIpc) is 2.54. The minimum atomic E-state index is -1.95. The first-order valence-electron chi connectivity index (χ1n) is 6.37. The van der Waals surface area contributed by atoms with Crippen LogP contribution < -0.4 is 0 Å². The molecule has 0 N–H and O–H groups in total. The Labute approximate surface area is 110 Å². The van der Waals surface area contributed by atoms with E-state index in [0.717, 1.165) is 0 Å². The summed E-state index contributed by atoms with van der Waals surface area (Å²) in [6.45, 7) is 13.9. The van der Waals surface area contributed by atoms with Crippen molar-refractivity contribution >= 4 is 14.0 Å². The molecule has 4 nitrogen and oxygen atoms in total. The highest BCUT2D eigenvalue weighted by Gasteiger charge is 2.61. The summed E-state index contributed by atoms with van der Waals surface area (Å²) in [6, 6.07) is 0. The van der Waals surface area contributed by atoms with E-state index in [1.54, 1.807) is 6.08 Å². The van der Waals surface area contributed by atoms with Gasteiger partial charge in [-0.15, -0.1) is 6.58 Å². The summed E-state index contributed by atoms with van der Waals surface area (Å²) >= 11 is 0. The summed E-state index contributed by atoms with van der Waals surface area (Å²) in [6.07, 6.45) is 1.75. The van der Waals surface area contributed by atoms with E-state index in [1.165, 1.54) is 0 Å². The molecule has 1 heterocycles. The summed E-state index contributed by atoms with van der Waals surface area (Å²) in [7, 11) is -1.95. The molecule has 0 aromatic rings. The second kappa shape index (κ2) is 5.55. The van der Waals surface area contributed by atoms with E-state index in [1.807, 2.05) is 13.8 Å². The number of carbonyl (C=O) groups excluding carboxylic acids is 1. The van der Waals surface area contributed by atoms with Gasteiger partial charge in [0.1, 0.15) is 8.07 Å². The van der Waals surface area contributed by atoms with Crippen LogP contribution in [0.4, 0.5) is 0 Å². The smallest absolute Gasteiger partial charge is 0.337 e. The molecule has 0 bridgehead atoms. The molecule has 0 amide bonds. The molecule has 0 aliphatic carbocycles. The first-order chi connectivity index (χ1) is 8.25. The first-order valence-corrected chi connectivity index (χ1v) is 9.87. The predicted octanol–water partition coefficient (Wildman–Crippen LogP) is 2.50. The SMILES string of the molecule is C=CCCOC(=O)C1([Si](C)(C)C)OC(C)OC1C. The maximum absolute atomic E-state index is 12.4. The van der Waals surface area contributed by atoms with Gasteiger partial charge >= 0.3 is 5.97 Å². The Balaban J connectivity index is 2.92. The van der Waals surface area contributed by atoms with Crippen molar-refractivity contribution in [1.29, 1.82) is 0 Å². The van der Waals surface area contributed by atoms with Crippen LogP contribution in [0.15, 0.2) is 12.7 Å². The highest BCUT2D eigenvalue weighted by Crippen LogP contribution is 2.38. The molecule has 5 heteroatoms. The van der Waals surface area contributed by atoms with Gasteiger partial charge in [-0.05, 0) is 20.3 Å². The summed E-state index contributed by atoms with van der Waals surface area (Å²) in [5, 5.41) is -0.909. The zero-order chi connectivity index (χ0) is 14.0. The molecule has 0 radical (unpaired) electrons. The third-order valence-corrected chi connectivity index (χ3v) is 6.25. The molecule has 1 aliphatic rings. The predicted molar refractivity (Wildman–Crippen MR) is 72.9 cm³/mol. The van der Waals surface area contributed by atoms with Crippen molar-refractivity contribution < 1.29 is 19.0 Å². The van der Waals surface area contributed by atoms with Crippen LogP contribution in [-0.4, -0.2) is 38.3 Å². The lowest BCUT2D eigenvalue weighted by molar-refractivity contribution is -0.162. The number of hydrogen-bond donors (Lipinski definition) is 0. The van der Waals surface area contributed by atoms with Crippen LogP contribution in [0.2, 0.25) is 19.6 Å². The molecule has 1 rings (SSSR count). The van der Waals surface area contributed by atoms with Crippen LogP contribution in [0.25, 0.3) is 0 Å². The lowest BCUT2D eigenvalue weighted by Crippen LogP contribution is -2.64. The minimum absolute atomic E-state index is 0.268. The zero-order valence-corrected chi connectivity index (χ0v) is 13.0. The molecule has 1 fully saturated rings. The standard InChI is InChI=1S/C13H24O4Si/c1-7-8-9-15-12(14)13(18(4,5)6)10(2)16-11(3)17-13/h7,10-11H,1,8-9H2,2-6H3. The Hall–Kier alpha value is -0.653. The molecule has 0 aromatic heterocycles. The Morgan fingerprint density at radius 2 is 2.06 bits per heavy atom. The van der Waals surface area contributed by atoms with E-state index < -0.39 is 13.3 Å². The summed E-state index contributed by atoms with van der Waals surface area (Å²) in [4.78, 5) is 12.4. The quantitative estimate of drug-likeness (QED) is 0.334. The van der Waals surface area contributed by atoms with Gasteiger partial charge in [0.05, 0.1) is 12.7 Å². The van der Waals surface area contributed by atoms with E-state index in [-0.39, 0.29) is 18.4 Å². The summed E-state index contributed by atoms with van der Waals surface area (Å²) in [5.74, 6) is -0.291. The second-order valence-corrected chi connectivity index (χ2v) is 10.9. The number of ether oxygens (including phenoxy) is 3. The molecule has 0 spiro atoms. The molecule has 0 saturated carbocycles. The largest absolute Gasteiger partial charge is 0.463 e.